The zero-order chi connectivity index (χ0) is 8.81. The van der Waals surface area contributed by atoms with Gasteiger partial charge in [-0.15, -0.1) is 5.10 Å². The Hall–Kier alpha value is -0.940. The van der Waals surface area contributed by atoms with E-state index in [-0.39, 0.29) is 0 Å². The number of nitrogens with two attached hydrogens (primary N) is 1. The number of nitrogens with one attached hydrogen (secondary N) is 1. The second-order valence-corrected chi connectivity index (χ2v) is 2.67. The van der Waals surface area contributed by atoms with Crippen molar-refractivity contribution in [2.45, 2.75) is 6.42 Å². The van der Waals surface area contributed by atoms with Gasteiger partial charge in [-0.25, -0.2) is 0 Å². The van der Waals surface area contributed by atoms with E-state index in [0.29, 0.717) is 6.54 Å². The average molecular weight is 169 g/mol. The van der Waals surface area contributed by atoms with E-state index < -0.39 is 0 Å². The Morgan fingerprint density at radius 1 is 1.58 bits per heavy atom. The topological polar surface area (TPSA) is 68.8 Å². The molecule has 0 fully saturated rings. The maximum absolute atomic E-state index is 5.32. The predicted octanol–water partition coefficient (Wildman–Crippen LogP) is -1.09. The van der Waals surface area contributed by atoms with E-state index in [0.717, 1.165) is 25.2 Å². The van der Waals surface area contributed by atoms with Crippen molar-refractivity contribution in [3.8, 4) is 0 Å². The third-order valence-electron chi connectivity index (χ3n) is 1.53. The van der Waals surface area contributed by atoms with Gasteiger partial charge in [-0.2, -0.15) is 0 Å². The van der Waals surface area contributed by atoms with Gasteiger partial charge in [0.15, 0.2) is 0 Å². The molecular formula is C7H15N5. The zero-order valence-corrected chi connectivity index (χ0v) is 7.32. The van der Waals surface area contributed by atoms with Gasteiger partial charge in [-0.05, 0) is 0 Å². The highest BCUT2D eigenvalue weighted by Gasteiger charge is 1.96. The van der Waals surface area contributed by atoms with E-state index >= 15 is 0 Å². The first-order valence-corrected chi connectivity index (χ1v) is 4.09. The maximum Gasteiger partial charge on any atom is 0.0839 e. The molecule has 1 rings (SSSR count). The zero-order valence-electron chi connectivity index (χ0n) is 7.32. The van der Waals surface area contributed by atoms with Gasteiger partial charge in [0.05, 0.1) is 5.69 Å². The molecule has 0 saturated heterocycles. The van der Waals surface area contributed by atoms with Gasteiger partial charge in [-0.1, -0.05) is 5.21 Å². The minimum absolute atomic E-state index is 0.681. The van der Waals surface area contributed by atoms with Crippen LogP contribution in [0.2, 0.25) is 0 Å². The van der Waals surface area contributed by atoms with Crippen molar-refractivity contribution in [1.82, 2.24) is 20.3 Å². The molecule has 0 bridgehead atoms. The molecule has 1 heterocycles. The first-order valence-electron chi connectivity index (χ1n) is 4.09. The third kappa shape index (κ3) is 2.98. The highest BCUT2D eigenvalue weighted by Crippen LogP contribution is 1.90. The van der Waals surface area contributed by atoms with E-state index in [1.807, 2.05) is 13.2 Å². The number of aromatic nitrogens is 3. The van der Waals surface area contributed by atoms with Crippen LogP contribution in [-0.4, -0.2) is 34.6 Å². The first-order chi connectivity index (χ1) is 5.83. The van der Waals surface area contributed by atoms with Gasteiger partial charge >= 0.3 is 0 Å². The lowest BCUT2D eigenvalue weighted by molar-refractivity contribution is 0.679. The summed E-state index contributed by atoms with van der Waals surface area (Å²) < 4.78 is 1.71. The molecule has 68 valence electrons. The van der Waals surface area contributed by atoms with Crippen molar-refractivity contribution in [2.24, 2.45) is 12.8 Å². The predicted molar refractivity (Wildman–Crippen MR) is 46.6 cm³/mol. The van der Waals surface area contributed by atoms with E-state index in [2.05, 4.69) is 15.6 Å². The second kappa shape index (κ2) is 4.84. The van der Waals surface area contributed by atoms with Gasteiger partial charge in [0.2, 0.25) is 0 Å². The van der Waals surface area contributed by atoms with Crippen LogP contribution < -0.4 is 11.1 Å². The fraction of sp³-hybridized carbons (Fsp3) is 0.714. The monoisotopic (exact) mass is 169 g/mol. The van der Waals surface area contributed by atoms with Gasteiger partial charge in [-0.3, -0.25) is 4.68 Å². The Morgan fingerprint density at radius 3 is 3.00 bits per heavy atom. The quantitative estimate of drug-likeness (QED) is 0.549. The number of hydrogen-bond donors (Lipinski definition) is 2. The van der Waals surface area contributed by atoms with Crippen LogP contribution in [0.15, 0.2) is 6.20 Å². The SMILES string of the molecule is Cn1cc(CCNCCN)nn1. The Labute approximate surface area is 71.9 Å². The molecule has 0 aliphatic rings. The average Bonchev–Trinajstić information content (AvgIpc) is 2.45. The Bertz CT molecular complexity index is 219. The second-order valence-electron chi connectivity index (χ2n) is 2.67. The third-order valence-corrected chi connectivity index (χ3v) is 1.53. The van der Waals surface area contributed by atoms with Crippen LogP contribution >= 0.6 is 0 Å². The summed E-state index contributed by atoms with van der Waals surface area (Å²) in [7, 11) is 1.86. The van der Waals surface area contributed by atoms with Crippen LogP contribution in [0.1, 0.15) is 5.69 Å². The van der Waals surface area contributed by atoms with E-state index in [4.69, 9.17) is 5.73 Å². The fourth-order valence-electron chi connectivity index (χ4n) is 0.953. The molecule has 0 aromatic carbocycles. The normalized spacial score (nSPS) is 10.5. The van der Waals surface area contributed by atoms with Gasteiger partial charge in [0.1, 0.15) is 0 Å². The lowest BCUT2D eigenvalue weighted by Crippen LogP contribution is -2.24. The summed E-state index contributed by atoms with van der Waals surface area (Å²) in [6.07, 6.45) is 2.83. The fourth-order valence-corrected chi connectivity index (χ4v) is 0.953. The molecule has 0 aliphatic heterocycles. The molecule has 12 heavy (non-hydrogen) atoms. The largest absolute Gasteiger partial charge is 0.329 e. The molecule has 1 aromatic rings. The molecule has 5 nitrogen and oxygen atoms in total. The molecule has 3 N–H and O–H groups in total. The van der Waals surface area contributed by atoms with Crippen LogP contribution in [-0.2, 0) is 13.5 Å². The van der Waals surface area contributed by atoms with Gasteiger partial charge in [0.25, 0.3) is 0 Å². The molecule has 1 aromatic heterocycles. The smallest absolute Gasteiger partial charge is 0.0839 e. The summed E-state index contributed by atoms with van der Waals surface area (Å²) in [5, 5.41) is 11.0. The molecule has 5 heteroatoms. The van der Waals surface area contributed by atoms with Crippen LogP contribution in [0, 0.1) is 0 Å². The van der Waals surface area contributed by atoms with E-state index in [9.17, 15) is 0 Å². The Morgan fingerprint density at radius 2 is 2.42 bits per heavy atom. The van der Waals surface area contributed by atoms with Crippen molar-refractivity contribution < 1.29 is 0 Å². The molecule has 0 spiro atoms. The van der Waals surface area contributed by atoms with Crippen LogP contribution in [0.4, 0.5) is 0 Å². The lowest BCUT2D eigenvalue weighted by atomic mass is 10.3. The van der Waals surface area contributed by atoms with Gasteiger partial charge < -0.3 is 11.1 Å². The minimum Gasteiger partial charge on any atom is -0.329 e. The summed E-state index contributed by atoms with van der Waals surface area (Å²) in [5.41, 5.74) is 6.33. The molecule has 0 unspecified atom stereocenters. The first kappa shape index (κ1) is 9.15. The summed E-state index contributed by atoms with van der Waals surface area (Å²) in [5.74, 6) is 0. The molecule has 0 saturated carbocycles. The summed E-state index contributed by atoms with van der Waals surface area (Å²) >= 11 is 0. The van der Waals surface area contributed by atoms with Crippen molar-refractivity contribution >= 4 is 0 Å². The molecule has 0 amide bonds. The number of rotatable bonds is 5. The standard InChI is InChI=1S/C7H15N5/c1-12-6-7(10-11-12)2-4-9-5-3-8/h6,9H,2-5,8H2,1H3. The maximum atomic E-state index is 5.32. The lowest BCUT2D eigenvalue weighted by Gasteiger charge is -1.98. The van der Waals surface area contributed by atoms with Crippen LogP contribution in [0.25, 0.3) is 0 Å². The highest BCUT2D eigenvalue weighted by molar-refractivity contribution is 4.92. The molecule has 0 atom stereocenters. The van der Waals surface area contributed by atoms with Crippen molar-refractivity contribution in [1.29, 1.82) is 0 Å². The van der Waals surface area contributed by atoms with Crippen LogP contribution in [0.5, 0.6) is 0 Å². The Balaban J connectivity index is 2.15. The molecular weight excluding hydrogens is 154 g/mol. The number of aryl methyl sites for hydroxylation is 1. The minimum atomic E-state index is 0.681. The molecule has 0 aliphatic carbocycles. The van der Waals surface area contributed by atoms with Crippen molar-refractivity contribution in [3.63, 3.8) is 0 Å². The van der Waals surface area contributed by atoms with Gasteiger partial charge in [0, 0.05) is 39.3 Å². The van der Waals surface area contributed by atoms with Crippen molar-refractivity contribution in [2.75, 3.05) is 19.6 Å². The van der Waals surface area contributed by atoms with E-state index in [1.165, 1.54) is 0 Å². The Kier molecular flexibility index (Phi) is 3.69. The summed E-state index contributed by atoms with van der Waals surface area (Å²) in [6.45, 7) is 2.45. The summed E-state index contributed by atoms with van der Waals surface area (Å²) in [4.78, 5) is 0. The van der Waals surface area contributed by atoms with E-state index in [1.54, 1.807) is 4.68 Å². The number of nitrogens with zero attached hydrogens (tertiary/aromatic N) is 3. The van der Waals surface area contributed by atoms with Crippen molar-refractivity contribution in [3.05, 3.63) is 11.9 Å². The van der Waals surface area contributed by atoms with Crippen LogP contribution in [0.3, 0.4) is 0 Å². The molecule has 0 radical (unpaired) electrons. The highest BCUT2D eigenvalue weighted by atomic mass is 15.4. The number of hydrogen-bond acceptors (Lipinski definition) is 4. The summed E-state index contributed by atoms with van der Waals surface area (Å²) in [6, 6.07) is 0.